The highest BCUT2D eigenvalue weighted by Crippen LogP contribution is 2.39. The molecule has 2 aliphatic rings. The zero-order valence-corrected chi connectivity index (χ0v) is 10.1. The molecule has 0 bridgehead atoms. The van der Waals surface area contributed by atoms with Gasteiger partial charge in [-0.3, -0.25) is 4.79 Å². The van der Waals surface area contributed by atoms with E-state index >= 15 is 0 Å². The minimum atomic E-state index is -0.763. The predicted molar refractivity (Wildman–Crippen MR) is 55.1 cm³/mol. The first-order chi connectivity index (χ1) is 7.96. The number of carbonyl (C=O) groups excluding carboxylic acids is 1. The number of hydrogen-bond donors (Lipinski definition) is 0. The van der Waals surface area contributed by atoms with Gasteiger partial charge in [-0.2, -0.15) is 0 Å². The van der Waals surface area contributed by atoms with Crippen molar-refractivity contribution in [3.63, 3.8) is 0 Å². The lowest BCUT2D eigenvalue weighted by Gasteiger charge is -2.22. The van der Waals surface area contributed by atoms with Crippen LogP contribution in [0.25, 0.3) is 0 Å². The van der Waals surface area contributed by atoms with Crippen LogP contribution < -0.4 is 0 Å². The summed E-state index contributed by atoms with van der Waals surface area (Å²) in [7, 11) is 1.30. The molecule has 0 saturated carbocycles. The third-order valence-corrected chi connectivity index (χ3v) is 2.99. The molecule has 6 heteroatoms. The molecule has 0 aromatic heterocycles. The van der Waals surface area contributed by atoms with Crippen molar-refractivity contribution in [3.8, 4) is 0 Å². The van der Waals surface area contributed by atoms with Crippen molar-refractivity contribution in [1.29, 1.82) is 0 Å². The Morgan fingerprint density at radius 2 is 1.88 bits per heavy atom. The monoisotopic (exact) mass is 248 g/mol. The van der Waals surface area contributed by atoms with E-state index in [1.807, 2.05) is 0 Å². The zero-order chi connectivity index (χ0) is 12.6. The summed E-state index contributed by atoms with van der Waals surface area (Å²) in [4.78, 5) is 11.2. The molecular weight excluding hydrogens is 231 g/mol. The van der Waals surface area contributed by atoms with Crippen LogP contribution >= 0.6 is 0 Å². The summed E-state index contributed by atoms with van der Waals surface area (Å²) in [6.07, 6.45) is -1.99. The van der Waals surface area contributed by atoms with Crippen LogP contribution in [0.1, 0.15) is 20.3 Å². The minimum absolute atomic E-state index is 0.0492. The Bertz CT molecular complexity index is 306. The number of ether oxygens (including phenoxy) is 4. The molecule has 17 heavy (non-hydrogen) atoms. The van der Waals surface area contributed by atoms with Crippen LogP contribution in [0, 0.1) is 0 Å². The van der Waals surface area contributed by atoms with Gasteiger partial charge in [-0.25, -0.2) is 4.39 Å². The van der Waals surface area contributed by atoms with Gasteiger partial charge in [-0.1, -0.05) is 0 Å². The van der Waals surface area contributed by atoms with E-state index in [1.165, 1.54) is 7.11 Å². The molecule has 0 amide bonds. The van der Waals surface area contributed by atoms with Crippen LogP contribution in [-0.4, -0.2) is 50.0 Å². The third-order valence-electron chi connectivity index (χ3n) is 2.99. The number of halogens is 1. The molecule has 2 aliphatic heterocycles. The van der Waals surface area contributed by atoms with Gasteiger partial charge < -0.3 is 18.9 Å². The van der Waals surface area contributed by atoms with Crippen LogP contribution in [0.15, 0.2) is 0 Å². The molecule has 5 nitrogen and oxygen atoms in total. The normalized spacial score (nSPS) is 39.1. The van der Waals surface area contributed by atoms with E-state index in [9.17, 15) is 9.18 Å². The first-order valence-electron chi connectivity index (χ1n) is 5.60. The fraction of sp³-hybridized carbons (Fsp3) is 0.909. The molecule has 0 N–H and O–H groups in total. The lowest BCUT2D eigenvalue weighted by molar-refractivity contribution is -0.190. The molecular formula is C11H17FO5. The van der Waals surface area contributed by atoms with Crippen molar-refractivity contribution in [2.24, 2.45) is 0 Å². The van der Waals surface area contributed by atoms with Crippen molar-refractivity contribution in [3.05, 3.63) is 0 Å². The van der Waals surface area contributed by atoms with Gasteiger partial charge in [0.2, 0.25) is 0 Å². The van der Waals surface area contributed by atoms with Crippen LogP contribution in [0.5, 0.6) is 0 Å². The highest BCUT2D eigenvalue weighted by atomic mass is 19.1. The van der Waals surface area contributed by atoms with E-state index in [0.29, 0.717) is 0 Å². The number of fused-ring (bicyclic) bond motifs is 1. The van der Waals surface area contributed by atoms with Crippen LogP contribution in [0.3, 0.4) is 0 Å². The molecule has 4 atom stereocenters. The largest absolute Gasteiger partial charge is 0.469 e. The Morgan fingerprint density at radius 1 is 1.29 bits per heavy atom. The van der Waals surface area contributed by atoms with Crippen molar-refractivity contribution in [1.82, 2.24) is 0 Å². The van der Waals surface area contributed by atoms with E-state index in [0.717, 1.165) is 0 Å². The maximum absolute atomic E-state index is 12.8. The smallest absolute Gasteiger partial charge is 0.308 e. The van der Waals surface area contributed by atoms with Gasteiger partial charge in [0.05, 0.1) is 19.6 Å². The molecule has 0 radical (unpaired) electrons. The second-order valence-electron chi connectivity index (χ2n) is 4.71. The first-order valence-corrected chi connectivity index (χ1v) is 5.60. The molecule has 2 rings (SSSR count). The minimum Gasteiger partial charge on any atom is -0.469 e. The molecule has 0 aromatic rings. The van der Waals surface area contributed by atoms with Gasteiger partial charge in [-0.05, 0) is 13.8 Å². The molecule has 2 heterocycles. The molecule has 0 unspecified atom stereocenters. The topological polar surface area (TPSA) is 54.0 Å². The van der Waals surface area contributed by atoms with Gasteiger partial charge in [0.1, 0.15) is 25.0 Å². The number of methoxy groups -OCH3 is 1. The Hall–Kier alpha value is -0.720. The van der Waals surface area contributed by atoms with Crippen LogP contribution in [0.2, 0.25) is 0 Å². The van der Waals surface area contributed by atoms with E-state index in [2.05, 4.69) is 4.74 Å². The summed E-state index contributed by atoms with van der Waals surface area (Å²) in [6.45, 7) is 2.86. The number of esters is 1. The zero-order valence-electron chi connectivity index (χ0n) is 10.1. The van der Waals surface area contributed by atoms with Gasteiger partial charge in [0, 0.05) is 0 Å². The fourth-order valence-corrected chi connectivity index (χ4v) is 2.31. The summed E-state index contributed by atoms with van der Waals surface area (Å²) in [5, 5.41) is 0. The van der Waals surface area contributed by atoms with Gasteiger partial charge >= 0.3 is 5.97 Å². The molecule has 0 aromatic carbocycles. The Morgan fingerprint density at radius 3 is 2.41 bits per heavy atom. The Labute approximate surface area is 99.2 Å². The van der Waals surface area contributed by atoms with E-state index in [-0.39, 0.29) is 6.42 Å². The quantitative estimate of drug-likeness (QED) is 0.692. The highest BCUT2D eigenvalue weighted by molar-refractivity contribution is 5.70. The first kappa shape index (κ1) is 12.7. The summed E-state index contributed by atoms with van der Waals surface area (Å²) in [5.74, 6) is -1.16. The molecule has 0 spiro atoms. The van der Waals surface area contributed by atoms with Gasteiger partial charge in [0.15, 0.2) is 5.79 Å². The van der Waals surface area contributed by atoms with E-state index in [4.69, 9.17) is 14.2 Å². The number of rotatable bonds is 3. The number of hydrogen-bond acceptors (Lipinski definition) is 5. The van der Waals surface area contributed by atoms with Crippen molar-refractivity contribution in [2.45, 2.75) is 50.5 Å². The SMILES string of the molecule is COC(=O)C[C@H]1O[C@H](CF)[C@H]2OC(C)(C)O[C@H]21. The fourth-order valence-electron chi connectivity index (χ4n) is 2.31. The standard InChI is InChI=1S/C11H17FO5/c1-11(2)16-9-6(4-8(13)14-3)15-7(5-12)10(9)17-11/h6-7,9-10H,4-5H2,1-3H3/t6-,7-,9+,10-/m1/s1. The second-order valence-corrected chi connectivity index (χ2v) is 4.71. The molecule has 2 saturated heterocycles. The predicted octanol–water partition coefficient (Wildman–Crippen LogP) is 0.806. The maximum Gasteiger partial charge on any atom is 0.308 e. The van der Waals surface area contributed by atoms with Crippen LogP contribution in [-0.2, 0) is 23.7 Å². The molecule has 98 valence electrons. The number of carbonyl (C=O) groups is 1. The van der Waals surface area contributed by atoms with Crippen molar-refractivity contribution < 1.29 is 28.1 Å². The third kappa shape index (κ3) is 2.43. The van der Waals surface area contributed by atoms with Crippen LogP contribution in [0.4, 0.5) is 4.39 Å². The summed E-state index contributed by atoms with van der Waals surface area (Å²) in [5.41, 5.74) is 0. The summed E-state index contributed by atoms with van der Waals surface area (Å²) < 4.78 is 34.0. The lowest BCUT2D eigenvalue weighted by atomic mass is 10.1. The molecule has 0 aliphatic carbocycles. The summed E-state index contributed by atoms with van der Waals surface area (Å²) in [6, 6.07) is 0. The van der Waals surface area contributed by atoms with E-state index in [1.54, 1.807) is 13.8 Å². The van der Waals surface area contributed by atoms with Crippen molar-refractivity contribution in [2.75, 3.05) is 13.8 Å². The van der Waals surface area contributed by atoms with Gasteiger partial charge in [0.25, 0.3) is 0 Å². The van der Waals surface area contributed by atoms with E-state index < -0.39 is 42.8 Å². The van der Waals surface area contributed by atoms with Crippen molar-refractivity contribution >= 4 is 5.97 Å². The Balaban J connectivity index is 2.07. The highest BCUT2D eigenvalue weighted by Gasteiger charge is 2.55. The maximum atomic E-state index is 12.8. The summed E-state index contributed by atoms with van der Waals surface area (Å²) >= 11 is 0. The number of alkyl halides is 1. The average Bonchev–Trinajstić information content (AvgIpc) is 2.73. The lowest BCUT2D eigenvalue weighted by Crippen LogP contribution is -2.31. The molecule has 2 fully saturated rings. The second kappa shape index (κ2) is 4.51. The average molecular weight is 248 g/mol. The Kier molecular flexibility index (Phi) is 3.38. The van der Waals surface area contributed by atoms with Gasteiger partial charge in [-0.15, -0.1) is 0 Å².